The molecular formula is C16H19N3O4. The summed E-state index contributed by atoms with van der Waals surface area (Å²) < 4.78 is 18.5. The van der Waals surface area contributed by atoms with Gasteiger partial charge in [-0.2, -0.15) is 0 Å². The number of imidazole rings is 1. The van der Waals surface area contributed by atoms with Crippen LogP contribution in [0.15, 0.2) is 12.1 Å². The summed E-state index contributed by atoms with van der Waals surface area (Å²) in [7, 11) is 0. The molecule has 1 fully saturated rings. The van der Waals surface area contributed by atoms with Crippen molar-refractivity contribution in [3.05, 3.63) is 18.0 Å². The minimum atomic E-state index is 0.0885. The Hall–Kier alpha value is -2.28. The standard InChI is InChI=1S/C16H19N3O4/c1-11-17-12-8-14-15(23-7-6-22-14)9-13(12)19(11)10-16(20)18-2-4-21-5-3-18/h8-9H,2-7,10H2,1H3. The highest BCUT2D eigenvalue weighted by atomic mass is 16.6. The lowest BCUT2D eigenvalue weighted by Crippen LogP contribution is -2.42. The molecule has 0 atom stereocenters. The number of carbonyl (C=O) groups is 1. The van der Waals surface area contributed by atoms with Gasteiger partial charge in [0.15, 0.2) is 11.5 Å². The van der Waals surface area contributed by atoms with Crippen LogP contribution < -0.4 is 9.47 Å². The van der Waals surface area contributed by atoms with Crippen molar-refractivity contribution in [2.45, 2.75) is 13.5 Å². The molecule has 0 bridgehead atoms. The second kappa shape index (κ2) is 5.73. The highest BCUT2D eigenvalue weighted by Crippen LogP contribution is 2.34. The molecule has 2 aromatic rings. The van der Waals surface area contributed by atoms with Crippen molar-refractivity contribution in [3.8, 4) is 11.5 Å². The first-order valence-corrected chi connectivity index (χ1v) is 7.84. The zero-order valence-electron chi connectivity index (χ0n) is 13.1. The molecule has 122 valence electrons. The Bertz CT molecular complexity index is 749. The molecule has 0 unspecified atom stereocenters. The van der Waals surface area contributed by atoms with E-state index in [0.29, 0.717) is 51.0 Å². The van der Waals surface area contributed by atoms with Crippen LogP contribution in [0.3, 0.4) is 0 Å². The summed E-state index contributed by atoms with van der Waals surface area (Å²) in [6.45, 7) is 5.79. The van der Waals surface area contributed by atoms with E-state index in [0.717, 1.165) is 16.9 Å². The molecule has 0 spiro atoms. The van der Waals surface area contributed by atoms with Crippen LogP contribution in [0.2, 0.25) is 0 Å². The number of amides is 1. The van der Waals surface area contributed by atoms with Gasteiger partial charge in [-0.25, -0.2) is 4.98 Å². The summed E-state index contributed by atoms with van der Waals surface area (Å²) in [5.74, 6) is 2.33. The van der Waals surface area contributed by atoms with Gasteiger partial charge in [-0.05, 0) is 6.92 Å². The molecule has 2 aliphatic heterocycles. The van der Waals surface area contributed by atoms with E-state index in [1.165, 1.54) is 0 Å². The van der Waals surface area contributed by atoms with Crippen LogP contribution in [-0.4, -0.2) is 59.9 Å². The van der Waals surface area contributed by atoms with Crippen molar-refractivity contribution in [3.63, 3.8) is 0 Å². The van der Waals surface area contributed by atoms with Crippen LogP contribution in [0.1, 0.15) is 5.82 Å². The van der Waals surface area contributed by atoms with Crippen LogP contribution in [0, 0.1) is 6.92 Å². The highest BCUT2D eigenvalue weighted by Gasteiger charge is 2.21. The molecule has 0 radical (unpaired) electrons. The maximum atomic E-state index is 12.5. The fourth-order valence-corrected chi connectivity index (χ4v) is 3.03. The van der Waals surface area contributed by atoms with E-state index in [4.69, 9.17) is 14.2 Å². The van der Waals surface area contributed by atoms with Crippen LogP contribution >= 0.6 is 0 Å². The monoisotopic (exact) mass is 317 g/mol. The van der Waals surface area contributed by atoms with Crippen molar-refractivity contribution in [1.82, 2.24) is 14.5 Å². The molecule has 1 aromatic heterocycles. The summed E-state index contributed by atoms with van der Waals surface area (Å²) >= 11 is 0. The highest BCUT2D eigenvalue weighted by molar-refractivity contribution is 5.83. The molecular weight excluding hydrogens is 298 g/mol. The summed E-state index contributed by atoms with van der Waals surface area (Å²) in [6, 6.07) is 3.79. The first kappa shape index (κ1) is 14.3. The maximum absolute atomic E-state index is 12.5. The van der Waals surface area contributed by atoms with Crippen LogP contribution in [0.25, 0.3) is 11.0 Å². The molecule has 0 aliphatic carbocycles. The van der Waals surface area contributed by atoms with E-state index in [1.54, 1.807) is 0 Å². The minimum absolute atomic E-state index is 0.0885. The number of morpholine rings is 1. The molecule has 23 heavy (non-hydrogen) atoms. The Morgan fingerprint density at radius 2 is 1.83 bits per heavy atom. The normalized spacial score (nSPS) is 17.5. The third-order valence-corrected chi connectivity index (χ3v) is 4.26. The predicted octanol–water partition coefficient (Wildman–Crippen LogP) is 0.975. The first-order chi connectivity index (χ1) is 11.2. The van der Waals surface area contributed by atoms with Gasteiger partial charge >= 0.3 is 0 Å². The third-order valence-electron chi connectivity index (χ3n) is 4.26. The molecule has 1 aromatic carbocycles. The second-order valence-corrected chi connectivity index (χ2v) is 5.72. The lowest BCUT2D eigenvalue weighted by Gasteiger charge is -2.27. The van der Waals surface area contributed by atoms with Crippen LogP contribution in [0.5, 0.6) is 11.5 Å². The Morgan fingerprint density at radius 1 is 1.13 bits per heavy atom. The van der Waals surface area contributed by atoms with E-state index in [1.807, 2.05) is 28.5 Å². The molecule has 7 nitrogen and oxygen atoms in total. The van der Waals surface area contributed by atoms with E-state index >= 15 is 0 Å². The predicted molar refractivity (Wildman–Crippen MR) is 82.9 cm³/mol. The molecule has 1 saturated heterocycles. The molecule has 0 saturated carbocycles. The number of rotatable bonds is 2. The Balaban J connectivity index is 1.66. The van der Waals surface area contributed by atoms with E-state index in [9.17, 15) is 4.79 Å². The summed E-state index contributed by atoms with van der Waals surface area (Å²) in [6.07, 6.45) is 0. The summed E-state index contributed by atoms with van der Waals surface area (Å²) in [5.41, 5.74) is 1.72. The fraction of sp³-hybridized carbons (Fsp3) is 0.500. The Kier molecular flexibility index (Phi) is 3.57. The second-order valence-electron chi connectivity index (χ2n) is 5.72. The Morgan fingerprint density at radius 3 is 2.57 bits per heavy atom. The lowest BCUT2D eigenvalue weighted by atomic mass is 10.2. The topological polar surface area (TPSA) is 65.8 Å². The van der Waals surface area contributed by atoms with Crippen molar-refractivity contribution < 1.29 is 19.0 Å². The molecule has 0 N–H and O–H groups in total. The van der Waals surface area contributed by atoms with Crippen LogP contribution in [-0.2, 0) is 16.1 Å². The molecule has 2 aliphatic rings. The maximum Gasteiger partial charge on any atom is 0.242 e. The number of carbonyl (C=O) groups excluding carboxylic acids is 1. The number of hydrogen-bond donors (Lipinski definition) is 0. The first-order valence-electron chi connectivity index (χ1n) is 7.84. The number of fused-ring (bicyclic) bond motifs is 2. The zero-order valence-corrected chi connectivity index (χ0v) is 13.1. The smallest absolute Gasteiger partial charge is 0.242 e. The molecule has 7 heteroatoms. The quantitative estimate of drug-likeness (QED) is 0.826. The van der Waals surface area contributed by atoms with Crippen molar-refractivity contribution in [1.29, 1.82) is 0 Å². The van der Waals surface area contributed by atoms with Gasteiger partial charge < -0.3 is 23.7 Å². The van der Waals surface area contributed by atoms with E-state index in [-0.39, 0.29) is 12.5 Å². The number of benzene rings is 1. The van der Waals surface area contributed by atoms with Crippen molar-refractivity contribution >= 4 is 16.9 Å². The van der Waals surface area contributed by atoms with Gasteiger partial charge in [-0.3, -0.25) is 4.79 Å². The minimum Gasteiger partial charge on any atom is -0.486 e. The fourth-order valence-electron chi connectivity index (χ4n) is 3.03. The summed E-state index contributed by atoms with van der Waals surface area (Å²) in [4.78, 5) is 18.9. The SMILES string of the molecule is Cc1nc2cc3c(cc2n1CC(=O)N1CCOCC1)OCCO3. The third kappa shape index (κ3) is 2.61. The van der Waals surface area contributed by atoms with Crippen molar-refractivity contribution in [2.24, 2.45) is 0 Å². The number of aryl methyl sites for hydroxylation is 1. The van der Waals surface area contributed by atoms with Crippen molar-refractivity contribution in [2.75, 3.05) is 39.5 Å². The number of nitrogens with zero attached hydrogens (tertiary/aromatic N) is 3. The van der Waals surface area contributed by atoms with Gasteiger partial charge in [-0.1, -0.05) is 0 Å². The summed E-state index contributed by atoms with van der Waals surface area (Å²) in [5, 5.41) is 0. The van der Waals surface area contributed by atoms with E-state index in [2.05, 4.69) is 4.98 Å². The van der Waals surface area contributed by atoms with Gasteiger partial charge in [0.05, 0.1) is 24.2 Å². The molecule has 3 heterocycles. The van der Waals surface area contributed by atoms with Gasteiger partial charge in [0.2, 0.25) is 5.91 Å². The van der Waals surface area contributed by atoms with E-state index < -0.39 is 0 Å². The van der Waals surface area contributed by atoms with Gasteiger partial charge in [0.1, 0.15) is 25.6 Å². The zero-order chi connectivity index (χ0) is 15.8. The Labute approximate surface area is 133 Å². The molecule has 4 rings (SSSR count). The largest absolute Gasteiger partial charge is 0.486 e. The number of aromatic nitrogens is 2. The van der Waals surface area contributed by atoms with Gasteiger partial charge in [0.25, 0.3) is 0 Å². The number of ether oxygens (including phenoxy) is 3. The van der Waals surface area contributed by atoms with Gasteiger partial charge in [0, 0.05) is 25.2 Å². The average molecular weight is 317 g/mol. The molecule has 1 amide bonds. The average Bonchev–Trinajstić information content (AvgIpc) is 2.88. The van der Waals surface area contributed by atoms with Crippen LogP contribution in [0.4, 0.5) is 0 Å². The van der Waals surface area contributed by atoms with Gasteiger partial charge in [-0.15, -0.1) is 0 Å². The lowest BCUT2D eigenvalue weighted by molar-refractivity contribution is -0.135. The number of hydrogen-bond acceptors (Lipinski definition) is 5.